The summed E-state index contributed by atoms with van der Waals surface area (Å²) in [5.74, 6) is 0.0734. The van der Waals surface area contributed by atoms with Gasteiger partial charge in [0.15, 0.2) is 0 Å². The highest BCUT2D eigenvalue weighted by molar-refractivity contribution is 6.45. The van der Waals surface area contributed by atoms with Crippen LogP contribution in [-0.4, -0.2) is 17.0 Å². The Morgan fingerprint density at radius 1 is 1.36 bits per heavy atom. The van der Waals surface area contributed by atoms with E-state index in [2.05, 4.69) is 4.99 Å². The number of ketones is 1. The molecule has 0 saturated carbocycles. The summed E-state index contributed by atoms with van der Waals surface area (Å²) in [4.78, 5) is 15.5. The Bertz CT molecular complexity index is 235. The SMILES string of the molecule is CC1=CC(C)(C)N=C(C)C1=O. The van der Waals surface area contributed by atoms with Crippen molar-refractivity contribution in [3.8, 4) is 0 Å². The summed E-state index contributed by atoms with van der Waals surface area (Å²) in [6.07, 6.45) is 1.91. The minimum absolute atomic E-state index is 0.0734. The van der Waals surface area contributed by atoms with E-state index in [9.17, 15) is 4.79 Å². The maximum absolute atomic E-state index is 11.2. The Kier molecular flexibility index (Phi) is 1.70. The van der Waals surface area contributed by atoms with Gasteiger partial charge < -0.3 is 0 Å². The van der Waals surface area contributed by atoms with Crippen LogP contribution in [0.2, 0.25) is 0 Å². The first kappa shape index (κ1) is 8.18. The van der Waals surface area contributed by atoms with Gasteiger partial charge in [-0.3, -0.25) is 9.79 Å². The lowest BCUT2D eigenvalue weighted by Gasteiger charge is -2.21. The summed E-state index contributed by atoms with van der Waals surface area (Å²) in [6.45, 7) is 7.59. The smallest absolute Gasteiger partial charge is 0.201 e. The Morgan fingerprint density at radius 2 is 1.91 bits per heavy atom. The molecule has 0 fully saturated rings. The van der Waals surface area contributed by atoms with Crippen molar-refractivity contribution < 1.29 is 4.79 Å². The fraction of sp³-hybridized carbons (Fsp3) is 0.556. The number of rotatable bonds is 0. The average molecular weight is 151 g/mol. The molecule has 2 nitrogen and oxygen atoms in total. The first-order valence-corrected chi connectivity index (χ1v) is 3.73. The van der Waals surface area contributed by atoms with Crippen molar-refractivity contribution in [2.45, 2.75) is 33.2 Å². The van der Waals surface area contributed by atoms with Crippen LogP contribution in [0.5, 0.6) is 0 Å². The maximum Gasteiger partial charge on any atom is 0.201 e. The predicted octanol–water partition coefficient (Wildman–Crippen LogP) is 1.75. The number of allylic oxidation sites excluding steroid dienone is 1. The molecule has 0 bridgehead atoms. The molecule has 0 atom stereocenters. The Balaban J connectivity index is 3.08. The van der Waals surface area contributed by atoms with E-state index in [1.165, 1.54) is 0 Å². The third-order valence-corrected chi connectivity index (χ3v) is 1.71. The number of Topliss-reactive ketones (excluding diaryl/α,β-unsaturated/α-hetero) is 1. The highest BCUT2D eigenvalue weighted by Crippen LogP contribution is 2.19. The van der Waals surface area contributed by atoms with E-state index in [-0.39, 0.29) is 11.3 Å². The third-order valence-electron chi connectivity index (χ3n) is 1.71. The number of carbonyl (C=O) groups excluding carboxylic acids is 1. The first-order chi connectivity index (χ1) is 4.92. The van der Waals surface area contributed by atoms with Crippen molar-refractivity contribution >= 4 is 11.5 Å². The van der Waals surface area contributed by atoms with Crippen LogP contribution < -0.4 is 0 Å². The van der Waals surface area contributed by atoms with Crippen LogP contribution in [-0.2, 0) is 4.79 Å². The van der Waals surface area contributed by atoms with E-state index < -0.39 is 0 Å². The zero-order valence-corrected chi connectivity index (χ0v) is 7.43. The molecule has 11 heavy (non-hydrogen) atoms. The molecular formula is C9H13NO. The molecule has 0 aromatic carbocycles. The number of aliphatic imine (C=N–C) groups is 1. The van der Waals surface area contributed by atoms with E-state index in [0.717, 1.165) is 5.57 Å². The van der Waals surface area contributed by atoms with Gasteiger partial charge in [0.1, 0.15) is 0 Å². The van der Waals surface area contributed by atoms with Crippen LogP contribution in [0, 0.1) is 0 Å². The number of carbonyl (C=O) groups is 1. The molecule has 1 aliphatic rings. The number of nitrogens with zero attached hydrogens (tertiary/aromatic N) is 1. The number of dihydropyridines is 1. The van der Waals surface area contributed by atoms with Crippen molar-refractivity contribution in [3.05, 3.63) is 11.6 Å². The normalized spacial score (nSPS) is 22.7. The van der Waals surface area contributed by atoms with Gasteiger partial charge >= 0.3 is 0 Å². The number of hydrogen-bond acceptors (Lipinski definition) is 2. The van der Waals surface area contributed by atoms with Gasteiger partial charge in [-0.05, 0) is 33.3 Å². The van der Waals surface area contributed by atoms with Gasteiger partial charge in [0.2, 0.25) is 5.78 Å². The van der Waals surface area contributed by atoms with E-state index >= 15 is 0 Å². The van der Waals surface area contributed by atoms with Gasteiger partial charge in [0, 0.05) is 0 Å². The summed E-state index contributed by atoms with van der Waals surface area (Å²) in [5, 5.41) is 0. The molecule has 0 N–H and O–H groups in total. The van der Waals surface area contributed by atoms with Gasteiger partial charge in [-0.15, -0.1) is 0 Å². The van der Waals surface area contributed by atoms with E-state index in [1.54, 1.807) is 6.92 Å². The molecule has 60 valence electrons. The highest BCUT2D eigenvalue weighted by Gasteiger charge is 2.23. The molecule has 0 amide bonds. The van der Waals surface area contributed by atoms with Crippen molar-refractivity contribution in [2.75, 3.05) is 0 Å². The minimum Gasteiger partial charge on any atom is -0.288 e. The van der Waals surface area contributed by atoms with Gasteiger partial charge in [0.25, 0.3) is 0 Å². The molecule has 0 aromatic heterocycles. The summed E-state index contributed by atoms with van der Waals surface area (Å²) >= 11 is 0. The van der Waals surface area contributed by atoms with Crippen molar-refractivity contribution in [1.82, 2.24) is 0 Å². The summed E-state index contributed by atoms with van der Waals surface area (Å²) < 4.78 is 0. The van der Waals surface area contributed by atoms with Crippen molar-refractivity contribution in [2.24, 2.45) is 4.99 Å². The topological polar surface area (TPSA) is 29.4 Å². The summed E-state index contributed by atoms with van der Waals surface area (Å²) in [7, 11) is 0. The molecule has 1 heterocycles. The average Bonchev–Trinajstić information content (AvgIpc) is 1.81. The molecule has 0 aliphatic carbocycles. The summed E-state index contributed by atoms with van der Waals surface area (Å²) in [5.41, 5.74) is 1.24. The van der Waals surface area contributed by atoms with Crippen LogP contribution in [0.1, 0.15) is 27.7 Å². The van der Waals surface area contributed by atoms with Crippen LogP contribution >= 0.6 is 0 Å². The van der Waals surface area contributed by atoms with Crippen LogP contribution in [0.15, 0.2) is 16.6 Å². The van der Waals surface area contributed by atoms with E-state index in [4.69, 9.17) is 0 Å². The van der Waals surface area contributed by atoms with Crippen molar-refractivity contribution in [3.63, 3.8) is 0 Å². The molecule has 0 saturated heterocycles. The second-order valence-electron chi connectivity index (χ2n) is 3.51. The van der Waals surface area contributed by atoms with Crippen molar-refractivity contribution in [1.29, 1.82) is 0 Å². The summed E-state index contributed by atoms with van der Waals surface area (Å²) in [6, 6.07) is 0. The van der Waals surface area contributed by atoms with Gasteiger partial charge in [-0.2, -0.15) is 0 Å². The maximum atomic E-state index is 11.2. The number of hydrogen-bond donors (Lipinski definition) is 0. The van der Waals surface area contributed by atoms with E-state index in [0.29, 0.717) is 5.71 Å². The lowest BCUT2D eigenvalue weighted by Crippen LogP contribution is -2.26. The van der Waals surface area contributed by atoms with Crippen LogP contribution in [0.25, 0.3) is 0 Å². The fourth-order valence-corrected chi connectivity index (χ4v) is 1.40. The van der Waals surface area contributed by atoms with Gasteiger partial charge in [0.05, 0.1) is 11.3 Å². The first-order valence-electron chi connectivity index (χ1n) is 3.73. The van der Waals surface area contributed by atoms with Crippen LogP contribution in [0.4, 0.5) is 0 Å². The molecule has 0 unspecified atom stereocenters. The molecule has 0 aromatic rings. The Labute approximate surface area is 67.0 Å². The monoisotopic (exact) mass is 151 g/mol. The lowest BCUT2D eigenvalue weighted by atomic mass is 9.95. The third kappa shape index (κ3) is 1.56. The van der Waals surface area contributed by atoms with Gasteiger partial charge in [-0.25, -0.2) is 0 Å². The molecule has 0 spiro atoms. The zero-order chi connectivity index (χ0) is 8.65. The predicted molar refractivity (Wildman–Crippen MR) is 46.0 cm³/mol. The lowest BCUT2D eigenvalue weighted by molar-refractivity contribution is -0.110. The molecule has 2 heteroatoms. The minimum atomic E-state index is -0.192. The second-order valence-corrected chi connectivity index (χ2v) is 3.51. The molecular weight excluding hydrogens is 138 g/mol. The highest BCUT2D eigenvalue weighted by atomic mass is 16.1. The van der Waals surface area contributed by atoms with Crippen LogP contribution in [0.3, 0.4) is 0 Å². The fourth-order valence-electron chi connectivity index (χ4n) is 1.40. The quantitative estimate of drug-likeness (QED) is 0.518. The largest absolute Gasteiger partial charge is 0.288 e. The van der Waals surface area contributed by atoms with E-state index in [1.807, 2.05) is 26.8 Å². The Hall–Kier alpha value is -0.920. The van der Waals surface area contributed by atoms with Gasteiger partial charge in [-0.1, -0.05) is 6.08 Å². The zero-order valence-electron chi connectivity index (χ0n) is 7.43. The molecule has 1 aliphatic heterocycles. The molecule has 0 radical (unpaired) electrons. The standard InChI is InChI=1S/C9H13NO/c1-6-5-9(3,4)10-7(2)8(6)11/h5H,1-4H3. The molecule has 1 rings (SSSR count). The second kappa shape index (κ2) is 2.29. The Morgan fingerprint density at radius 3 is 2.36 bits per heavy atom.